The fourth-order valence-corrected chi connectivity index (χ4v) is 4.05. The summed E-state index contributed by atoms with van der Waals surface area (Å²) in [4.78, 5) is 0. The molecule has 1 heteroatoms. The Morgan fingerprint density at radius 3 is 1.42 bits per heavy atom. The maximum Gasteiger partial charge on any atom is 0.0431 e. The van der Waals surface area contributed by atoms with Crippen LogP contribution in [-0.2, 0) is 0 Å². The molecule has 1 rings (SSSR count). The molecule has 0 aromatic carbocycles. The molecule has 24 heavy (non-hydrogen) atoms. The molecule has 0 aromatic heterocycles. The lowest BCUT2D eigenvalue weighted by atomic mass is 9.93. The summed E-state index contributed by atoms with van der Waals surface area (Å²) in [5, 5.41) is 8.73. The van der Waals surface area contributed by atoms with E-state index in [0.29, 0.717) is 12.5 Å². The molecule has 0 fully saturated rings. The molecular formula is C23H42O. The minimum Gasteiger partial charge on any atom is -0.396 e. The van der Waals surface area contributed by atoms with Gasteiger partial charge in [0.15, 0.2) is 0 Å². The average Bonchev–Trinajstić information content (AvgIpc) is 2.76. The van der Waals surface area contributed by atoms with Gasteiger partial charge in [0.05, 0.1) is 0 Å². The van der Waals surface area contributed by atoms with Gasteiger partial charge in [0.2, 0.25) is 0 Å². The molecule has 1 atom stereocenters. The predicted molar refractivity (Wildman–Crippen MR) is 107 cm³/mol. The normalized spacial score (nSPS) is 18.1. The van der Waals surface area contributed by atoms with Crippen molar-refractivity contribution in [2.75, 3.05) is 6.61 Å². The van der Waals surface area contributed by atoms with Gasteiger partial charge in [-0.1, -0.05) is 82.3 Å². The predicted octanol–water partition coefficient (Wildman–Crippen LogP) is 7.35. The molecule has 0 bridgehead atoms. The zero-order valence-corrected chi connectivity index (χ0v) is 16.9. The molecule has 140 valence electrons. The molecule has 0 aromatic rings. The van der Waals surface area contributed by atoms with Crippen LogP contribution in [0.15, 0.2) is 22.3 Å². The Morgan fingerprint density at radius 2 is 1.04 bits per heavy atom. The van der Waals surface area contributed by atoms with E-state index in [1.165, 1.54) is 77.0 Å². The molecule has 1 aliphatic carbocycles. The molecule has 1 N–H and O–H groups in total. The molecule has 0 saturated carbocycles. The quantitative estimate of drug-likeness (QED) is 0.329. The average molecular weight is 335 g/mol. The van der Waals surface area contributed by atoms with Crippen molar-refractivity contribution in [1.29, 1.82) is 0 Å². The van der Waals surface area contributed by atoms with E-state index >= 15 is 0 Å². The van der Waals surface area contributed by atoms with Gasteiger partial charge < -0.3 is 5.11 Å². The molecule has 1 nitrogen and oxygen atoms in total. The van der Waals surface area contributed by atoms with E-state index in [1.54, 1.807) is 22.3 Å². The Hall–Kier alpha value is -0.560. The number of aliphatic hydroxyl groups is 1. The SMILES string of the molecule is CC1=C(C)C(C)C(CCCCCCCCCCCCCCO)=C1C. The van der Waals surface area contributed by atoms with Crippen LogP contribution >= 0.6 is 0 Å². The largest absolute Gasteiger partial charge is 0.396 e. The zero-order chi connectivity index (χ0) is 17.8. The third-order valence-corrected chi connectivity index (χ3v) is 6.16. The van der Waals surface area contributed by atoms with Crippen LogP contribution in [0.3, 0.4) is 0 Å². The number of aliphatic hydroxyl groups excluding tert-OH is 1. The van der Waals surface area contributed by atoms with Gasteiger partial charge in [-0.15, -0.1) is 0 Å². The first kappa shape index (κ1) is 21.5. The molecular weight excluding hydrogens is 292 g/mol. The summed E-state index contributed by atoms with van der Waals surface area (Å²) in [6.45, 7) is 9.67. The van der Waals surface area contributed by atoms with Crippen LogP contribution in [0, 0.1) is 5.92 Å². The Kier molecular flexibility index (Phi) is 11.4. The number of unbranched alkanes of at least 4 members (excludes halogenated alkanes) is 11. The summed E-state index contributed by atoms with van der Waals surface area (Å²) in [7, 11) is 0. The van der Waals surface area contributed by atoms with Crippen LogP contribution in [0.25, 0.3) is 0 Å². The van der Waals surface area contributed by atoms with E-state index < -0.39 is 0 Å². The van der Waals surface area contributed by atoms with Gasteiger partial charge in [-0.2, -0.15) is 0 Å². The van der Waals surface area contributed by atoms with Gasteiger partial charge in [0.1, 0.15) is 0 Å². The lowest BCUT2D eigenvalue weighted by molar-refractivity contribution is 0.282. The molecule has 0 aliphatic heterocycles. The lowest BCUT2D eigenvalue weighted by Crippen LogP contribution is -1.97. The lowest BCUT2D eigenvalue weighted by Gasteiger charge is -2.12. The summed E-state index contributed by atoms with van der Waals surface area (Å²) >= 11 is 0. The van der Waals surface area contributed by atoms with E-state index in [2.05, 4.69) is 27.7 Å². The van der Waals surface area contributed by atoms with Crippen molar-refractivity contribution < 1.29 is 5.11 Å². The number of allylic oxidation sites excluding steroid dienone is 4. The third-order valence-electron chi connectivity index (χ3n) is 6.16. The van der Waals surface area contributed by atoms with Crippen LogP contribution in [-0.4, -0.2) is 11.7 Å². The highest BCUT2D eigenvalue weighted by Crippen LogP contribution is 2.39. The van der Waals surface area contributed by atoms with Gasteiger partial charge in [0.25, 0.3) is 0 Å². The number of hydrogen-bond donors (Lipinski definition) is 1. The van der Waals surface area contributed by atoms with E-state index in [-0.39, 0.29) is 0 Å². The van der Waals surface area contributed by atoms with Crippen LogP contribution in [0.1, 0.15) is 111 Å². The summed E-state index contributed by atoms with van der Waals surface area (Å²) < 4.78 is 0. The maximum absolute atomic E-state index is 8.73. The van der Waals surface area contributed by atoms with Crippen molar-refractivity contribution in [3.63, 3.8) is 0 Å². The van der Waals surface area contributed by atoms with Crippen LogP contribution in [0.2, 0.25) is 0 Å². The second kappa shape index (κ2) is 12.8. The Morgan fingerprint density at radius 1 is 0.625 bits per heavy atom. The molecule has 0 amide bonds. The standard InChI is InChI=1S/C23H42O/c1-19-20(2)22(4)23(21(19)3)17-15-13-11-9-7-5-6-8-10-12-14-16-18-24/h21,24H,5-18H2,1-4H3. The topological polar surface area (TPSA) is 20.2 Å². The molecule has 1 aliphatic rings. The fourth-order valence-electron chi connectivity index (χ4n) is 4.05. The summed E-state index contributed by atoms with van der Waals surface area (Å²) in [5.41, 5.74) is 6.44. The van der Waals surface area contributed by atoms with Crippen molar-refractivity contribution in [3.05, 3.63) is 22.3 Å². The smallest absolute Gasteiger partial charge is 0.0431 e. The van der Waals surface area contributed by atoms with Crippen molar-refractivity contribution in [3.8, 4) is 0 Å². The first-order chi connectivity index (χ1) is 11.6. The highest BCUT2D eigenvalue weighted by molar-refractivity contribution is 5.46. The zero-order valence-electron chi connectivity index (χ0n) is 16.9. The molecule has 1 unspecified atom stereocenters. The third kappa shape index (κ3) is 7.55. The minimum atomic E-state index is 0.367. The number of hydrogen-bond acceptors (Lipinski definition) is 1. The van der Waals surface area contributed by atoms with Crippen molar-refractivity contribution in [1.82, 2.24) is 0 Å². The Labute approximate surface area is 151 Å². The molecule has 0 saturated heterocycles. The number of rotatable bonds is 14. The van der Waals surface area contributed by atoms with Gasteiger partial charge in [-0.25, -0.2) is 0 Å². The summed E-state index contributed by atoms with van der Waals surface area (Å²) in [6.07, 6.45) is 17.5. The Bertz CT molecular complexity index is 402. The summed E-state index contributed by atoms with van der Waals surface area (Å²) in [6, 6.07) is 0. The van der Waals surface area contributed by atoms with Crippen molar-refractivity contribution in [2.45, 2.75) is 111 Å². The van der Waals surface area contributed by atoms with E-state index in [1.807, 2.05) is 0 Å². The van der Waals surface area contributed by atoms with Gasteiger partial charge in [0, 0.05) is 6.61 Å². The molecule has 0 radical (unpaired) electrons. The molecule has 0 spiro atoms. The van der Waals surface area contributed by atoms with E-state index in [4.69, 9.17) is 5.11 Å². The summed E-state index contributed by atoms with van der Waals surface area (Å²) in [5.74, 6) is 0.697. The first-order valence-electron chi connectivity index (χ1n) is 10.6. The van der Waals surface area contributed by atoms with E-state index in [0.717, 1.165) is 6.42 Å². The second-order valence-corrected chi connectivity index (χ2v) is 7.90. The molecule has 0 heterocycles. The highest BCUT2D eigenvalue weighted by atomic mass is 16.2. The fraction of sp³-hybridized carbons (Fsp3) is 0.826. The van der Waals surface area contributed by atoms with Gasteiger partial charge in [-0.3, -0.25) is 0 Å². The second-order valence-electron chi connectivity index (χ2n) is 7.90. The maximum atomic E-state index is 8.73. The Balaban J connectivity index is 1.92. The van der Waals surface area contributed by atoms with Crippen LogP contribution in [0.5, 0.6) is 0 Å². The van der Waals surface area contributed by atoms with Crippen molar-refractivity contribution >= 4 is 0 Å². The van der Waals surface area contributed by atoms with E-state index in [9.17, 15) is 0 Å². The van der Waals surface area contributed by atoms with Crippen LogP contribution in [0.4, 0.5) is 0 Å². The minimum absolute atomic E-state index is 0.367. The highest BCUT2D eigenvalue weighted by Gasteiger charge is 2.22. The first-order valence-corrected chi connectivity index (χ1v) is 10.6. The van der Waals surface area contributed by atoms with Gasteiger partial charge in [-0.05, 0) is 57.1 Å². The van der Waals surface area contributed by atoms with Crippen LogP contribution < -0.4 is 0 Å². The van der Waals surface area contributed by atoms with Crippen molar-refractivity contribution in [2.24, 2.45) is 5.92 Å². The monoisotopic (exact) mass is 334 g/mol. The van der Waals surface area contributed by atoms with Gasteiger partial charge >= 0.3 is 0 Å².